The number of likely N-dealkylation sites (tertiary alicyclic amines) is 1. The Kier molecular flexibility index (Phi) is 5.69. The maximum atomic E-state index is 9.81. The molecule has 6 heteroatoms. The average molecular weight is 334 g/mol. The van der Waals surface area contributed by atoms with Gasteiger partial charge in [0, 0.05) is 57.0 Å². The van der Waals surface area contributed by atoms with Crippen molar-refractivity contribution in [2.75, 3.05) is 44.2 Å². The fourth-order valence-electron chi connectivity index (χ4n) is 3.93. The molecule has 2 atom stereocenters. The Morgan fingerprint density at radius 2 is 1.88 bits per heavy atom. The lowest BCUT2D eigenvalue weighted by Crippen LogP contribution is -2.40. The minimum absolute atomic E-state index is 0.133. The van der Waals surface area contributed by atoms with Crippen molar-refractivity contribution in [1.29, 1.82) is 0 Å². The van der Waals surface area contributed by atoms with E-state index in [-0.39, 0.29) is 18.6 Å². The van der Waals surface area contributed by atoms with E-state index in [1.807, 2.05) is 6.92 Å². The van der Waals surface area contributed by atoms with Crippen LogP contribution >= 0.6 is 0 Å². The molecule has 2 aliphatic rings. The summed E-state index contributed by atoms with van der Waals surface area (Å²) in [6, 6.07) is 2.08. The summed E-state index contributed by atoms with van der Waals surface area (Å²) in [5.41, 5.74) is 1.08. The molecule has 0 bridgehead atoms. The summed E-state index contributed by atoms with van der Waals surface area (Å²) in [5.74, 6) is 2.55. The zero-order valence-corrected chi connectivity index (χ0v) is 14.9. The highest BCUT2D eigenvalue weighted by Crippen LogP contribution is 2.29. The molecule has 0 amide bonds. The molecule has 0 radical (unpaired) electrons. The van der Waals surface area contributed by atoms with Gasteiger partial charge in [-0.05, 0) is 32.1 Å². The van der Waals surface area contributed by atoms with Gasteiger partial charge in [-0.1, -0.05) is 6.92 Å². The van der Waals surface area contributed by atoms with Crippen LogP contribution in [-0.2, 0) is 6.42 Å². The molecule has 2 aliphatic heterocycles. The SMILES string of the molecule is CCc1cc(N2C[C@@H](CO)[C@@H](CN3CCC(O)CC3)C2)nc(C)n1. The first-order chi connectivity index (χ1) is 11.6. The topological polar surface area (TPSA) is 72.7 Å². The number of anilines is 1. The van der Waals surface area contributed by atoms with Gasteiger partial charge in [0.1, 0.15) is 11.6 Å². The van der Waals surface area contributed by atoms with Crippen LogP contribution in [0.1, 0.15) is 31.3 Å². The molecule has 2 N–H and O–H groups in total. The van der Waals surface area contributed by atoms with Crippen LogP contribution in [0.4, 0.5) is 5.82 Å². The molecule has 0 spiro atoms. The van der Waals surface area contributed by atoms with Crippen LogP contribution in [-0.4, -0.2) is 70.5 Å². The van der Waals surface area contributed by atoms with Crippen molar-refractivity contribution >= 4 is 5.82 Å². The number of nitrogens with zero attached hydrogens (tertiary/aromatic N) is 4. The van der Waals surface area contributed by atoms with Gasteiger partial charge in [-0.25, -0.2) is 9.97 Å². The minimum Gasteiger partial charge on any atom is -0.396 e. The smallest absolute Gasteiger partial charge is 0.132 e. The molecule has 2 saturated heterocycles. The first-order valence-corrected chi connectivity index (χ1v) is 9.19. The van der Waals surface area contributed by atoms with Gasteiger partial charge in [-0.15, -0.1) is 0 Å². The highest BCUT2D eigenvalue weighted by molar-refractivity contribution is 5.41. The number of aromatic nitrogens is 2. The number of piperidine rings is 1. The van der Waals surface area contributed by atoms with Crippen LogP contribution < -0.4 is 4.90 Å². The van der Waals surface area contributed by atoms with E-state index in [2.05, 4.69) is 32.8 Å². The molecule has 0 aromatic carbocycles. The Bertz CT molecular complexity index is 546. The molecule has 2 fully saturated rings. The van der Waals surface area contributed by atoms with Gasteiger partial charge in [-0.2, -0.15) is 0 Å². The second-order valence-corrected chi connectivity index (χ2v) is 7.26. The van der Waals surface area contributed by atoms with Crippen molar-refractivity contribution in [3.8, 4) is 0 Å². The summed E-state index contributed by atoms with van der Waals surface area (Å²) in [7, 11) is 0. The van der Waals surface area contributed by atoms with E-state index in [4.69, 9.17) is 0 Å². The molecule has 6 nitrogen and oxygen atoms in total. The zero-order valence-electron chi connectivity index (χ0n) is 14.9. The van der Waals surface area contributed by atoms with E-state index in [0.29, 0.717) is 5.92 Å². The summed E-state index contributed by atoms with van der Waals surface area (Å²) in [6.07, 6.45) is 2.51. The fourth-order valence-corrected chi connectivity index (χ4v) is 3.93. The lowest BCUT2D eigenvalue weighted by Gasteiger charge is -2.32. The summed E-state index contributed by atoms with van der Waals surface area (Å²) >= 11 is 0. The summed E-state index contributed by atoms with van der Waals surface area (Å²) in [6.45, 7) is 8.99. The Balaban J connectivity index is 1.66. The van der Waals surface area contributed by atoms with Gasteiger partial charge in [0.2, 0.25) is 0 Å². The van der Waals surface area contributed by atoms with Crippen LogP contribution in [0.2, 0.25) is 0 Å². The van der Waals surface area contributed by atoms with Gasteiger partial charge in [0.05, 0.1) is 6.10 Å². The third-order valence-electron chi connectivity index (χ3n) is 5.42. The normalized spacial score (nSPS) is 26.2. The Labute approximate surface area is 144 Å². The van der Waals surface area contributed by atoms with Gasteiger partial charge in [-0.3, -0.25) is 0 Å². The Morgan fingerprint density at radius 1 is 1.17 bits per heavy atom. The van der Waals surface area contributed by atoms with Crippen LogP contribution in [0.5, 0.6) is 0 Å². The van der Waals surface area contributed by atoms with E-state index < -0.39 is 0 Å². The number of aliphatic hydroxyl groups is 2. The molecule has 0 saturated carbocycles. The molecule has 1 aromatic heterocycles. The largest absolute Gasteiger partial charge is 0.396 e. The van der Waals surface area contributed by atoms with Gasteiger partial charge >= 0.3 is 0 Å². The number of rotatable bonds is 5. The third-order valence-corrected chi connectivity index (χ3v) is 5.42. The van der Waals surface area contributed by atoms with E-state index >= 15 is 0 Å². The van der Waals surface area contributed by atoms with Gasteiger partial charge in [0.15, 0.2) is 0 Å². The van der Waals surface area contributed by atoms with Crippen molar-refractivity contribution in [1.82, 2.24) is 14.9 Å². The number of aliphatic hydroxyl groups excluding tert-OH is 2. The van der Waals surface area contributed by atoms with E-state index in [0.717, 1.165) is 69.3 Å². The molecule has 0 aliphatic carbocycles. The number of hydrogen-bond donors (Lipinski definition) is 2. The number of hydrogen-bond acceptors (Lipinski definition) is 6. The monoisotopic (exact) mass is 334 g/mol. The highest BCUT2D eigenvalue weighted by Gasteiger charge is 2.34. The van der Waals surface area contributed by atoms with Crippen molar-refractivity contribution < 1.29 is 10.2 Å². The first-order valence-electron chi connectivity index (χ1n) is 9.19. The minimum atomic E-state index is -0.133. The predicted molar refractivity (Wildman–Crippen MR) is 94.1 cm³/mol. The van der Waals surface area contributed by atoms with Gasteiger partial charge < -0.3 is 20.0 Å². The lowest BCUT2D eigenvalue weighted by atomic mass is 9.95. The Hall–Kier alpha value is -1.24. The maximum absolute atomic E-state index is 9.81. The first kappa shape index (κ1) is 17.6. The van der Waals surface area contributed by atoms with E-state index in [1.165, 1.54) is 0 Å². The molecule has 0 unspecified atom stereocenters. The summed E-state index contributed by atoms with van der Waals surface area (Å²) < 4.78 is 0. The molecule has 24 heavy (non-hydrogen) atoms. The van der Waals surface area contributed by atoms with Crippen molar-refractivity contribution in [3.63, 3.8) is 0 Å². The third kappa shape index (κ3) is 4.05. The van der Waals surface area contributed by atoms with Crippen LogP contribution in [0.15, 0.2) is 6.07 Å². The fraction of sp³-hybridized carbons (Fsp3) is 0.778. The molecular formula is C18H30N4O2. The summed E-state index contributed by atoms with van der Waals surface area (Å²) in [4.78, 5) is 13.8. The van der Waals surface area contributed by atoms with Crippen LogP contribution in [0, 0.1) is 18.8 Å². The zero-order chi connectivity index (χ0) is 17.1. The molecule has 134 valence electrons. The Morgan fingerprint density at radius 3 is 2.54 bits per heavy atom. The quantitative estimate of drug-likeness (QED) is 0.832. The summed E-state index contributed by atoms with van der Waals surface area (Å²) in [5, 5.41) is 19.5. The number of aryl methyl sites for hydroxylation is 2. The van der Waals surface area contributed by atoms with Gasteiger partial charge in [0.25, 0.3) is 0 Å². The highest BCUT2D eigenvalue weighted by atomic mass is 16.3. The lowest BCUT2D eigenvalue weighted by molar-refractivity contribution is 0.0687. The second kappa shape index (κ2) is 7.76. The predicted octanol–water partition coefficient (Wildman–Crippen LogP) is 0.849. The van der Waals surface area contributed by atoms with Crippen molar-refractivity contribution in [3.05, 3.63) is 17.6 Å². The molecule has 1 aromatic rings. The second-order valence-electron chi connectivity index (χ2n) is 7.26. The van der Waals surface area contributed by atoms with Crippen molar-refractivity contribution in [2.24, 2.45) is 11.8 Å². The molecule has 3 heterocycles. The van der Waals surface area contributed by atoms with E-state index in [9.17, 15) is 10.2 Å². The maximum Gasteiger partial charge on any atom is 0.132 e. The van der Waals surface area contributed by atoms with Crippen LogP contribution in [0.3, 0.4) is 0 Å². The molecular weight excluding hydrogens is 304 g/mol. The van der Waals surface area contributed by atoms with E-state index in [1.54, 1.807) is 0 Å². The average Bonchev–Trinajstić information content (AvgIpc) is 2.99. The van der Waals surface area contributed by atoms with Crippen molar-refractivity contribution in [2.45, 2.75) is 39.2 Å². The molecule has 3 rings (SSSR count). The standard InChI is InChI=1S/C18H30N4O2/c1-3-16-8-18(20-13(2)19-16)22-10-14(15(11-22)12-23)9-21-6-4-17(24)5-7-21/h8,14-15,17,23-24H,3-7,9-12H2,1-2H3/t14-,15-/m0/s1. The van der Waals surface area contributed by atoms with Crippen LogP contribution in [0.25, 0.3) is 0 Å².